The summed E-state index contributed by atoms with van der Waals surface area (Å²) in [6.07, 6.45) is 4.92. The van der Waals surface area contributed by atoms with E-state index in [-0.39, 0.29) is 24.0 Å². The molecule has 0 aliphatic carbocycles. The second-order valence-corrected chi connectivity index (χ2v) is 9.44. The van der Waals surface area contributed by atoms with Crippen LogP contribution in [0, 0.1) is 5.82 Å². The van der Waals surface area contributed by atoms with Crippen LogP contribution in [0.4, 0.5) is 4.39 Å². The fraction of sp³-hybridized carbons (Fsp3) is 0.480. The van der Waals surface area contributed by atoms with Crippen LogP contribution in [0.1, 0.15) is 24.6 Å². The molecule has 1 fully saturated rings. The highest BCUT2D eigenvalue weighted by Gasteiger charge is 2.30. The molecule has 3 aliphatic rings. The van der Waals surface area contributed by atoms with Gasteiger partial charge in [-0.3, -0.25) is 24.2 Å². The maximum absolute atomic E-state index is 14.3. The highest BCUT2D eigenvalue weighted by molar-refractivity contribution is 5.82. The van der Waals surface area contributed by atoms with Crippen molar-refractivity contribution < 1.29 is 18.6 Å². The Morgan fingerprint density at radius 3 is 2.71 bits per heavy atom. The maximum atomic E-state index is 14.3. The van der Waals surface area contributed by atoms with Crippen LogP contribution in [0.3, 0.4) is 0 Å². The molecule has 3 aliphatic heterocycles. The van der Waals surface area contributed by atoms with Crippen molar-refractivity contribution in [2.24, 2.45) is 0 Å². The largest absolute Gasteiger partial charge is 0.486 e. The van der Waals surface area contributed by atoms with E-state index in [0.717, 1.165) is 50.1 Å². The summed E-state index contributed by atoms with van der Waals surface area (Å²) in [5.41, 5.74) is 1.83. The van der Waals surface area contributed by atoms with E-state index in [2.05, 4.69) is 26.8 Å². The number of pyridine rings is 3. The fourth-order valence-electron chi connectivity index (χ4n) is 5.36. The number of aromatic nitrogens is 3. The molecule has 3 aromatic rings. The number of fused-ring (bicyclic) bond motifs is 1. The van der Waals surface area contributed by atoms with Crippen molar-refractivity contribution in [3.8, 4) is 17.2 Å². The van der Waals surface area contributed by atoms with Crippen LogP contribution in [0.2, 0.25) is 0 Å². The Kier molecular flexibility index (Phi) is 5.77. The van der Waals surface area contributed by atoms with Crippen molar-refractivity contribution in [2.75, 3.05) is 46.5 Å². The third-order valence-corrected chi connectivity index (χ3v) is 7.19. The fourth-order valence-corrected chi connectivity index (χ4v) is 5.36. The number of rotatable bonds is 5. The standard InChI is InChI=1S/C25H28FN5O4/c1-29(13-16-10-21-22(12-27-16)34-9-8-33-21)17-4-6-30(7-5-17)14-18-15-35-25-19(26)11-28-20-2-3-23(32)31(18)24(20)25/h2-3,10-12,17-18H,4-9,13-15H2,1H3/t18-/m1/s1. The van der Waals surface area contributed by atoms with Gasteiger partial charge in [0.15, 0.2) is 23.1 Å². The lowest BCUT2D eigenvalue weighted by atomic mass is 10.0. The van der Waals surface area contributed by atoms with Crippen LogP contribution in [0.25, 0.3) is 11.0 Å². The van der Waals surface area contributed by atoms with E-state index < -0.39 is 5.82 Å². The van der Waals surface area contributed by atoms with Crippen LogP contribution in [0.15, 0.2) is 35.4 Å². The summed E-state index contributed by atoms with van der Waals surface area (Å²) in [6.45, 7) is 4.64. The molecule has 6 heterocycles. The van der Waals surface area contributed by atoms with Crippen LogP contribution < -0.4 is 19.8 Å². The SMILES string of the molecule is CN(Cc1cc2c(cn1)OCCO2)C1CCN(C[C@@H]2COc3c(F)cnc4ccc(=O)n2c34)CC1. The molecule has 35 heavy (non-hydrogen) atoms. The van der Waals surface area contributed by atoms with Gasteiger partial charge in [0.2, 0.25) is 0 Å². The van der Waals surface area contributed by atoms with E-state index in [1.807, 2.05) is 6.07 Å². The Hall–Kier alpha value is -3.24. The average Bonchev–Trinajstić information content (AvgIpc) is 2.88. The molecule has 9 nitrogen and oxygen atoms in total. The van der Waals surface area contributed by atoms with Gasteiger partial charge in [-0.1, -0.05) is 0 Å². The van der Waals surface area contributed by atoms with Gasteiger partial charge in [0.05, 0.1) is 29.6 Å². The summed E-state index contributed by atoms with van der Waals surface area (Å²) < 4.78 is 33.0. The van der Waals surface area contributed by atoms with E-state index in [9.17, 15) is 9.18 Å². The third-order valence-electron chi connectivity index (χ3n) is 7.19. The normalized spacial score (nSPS) is 20.3. The Bertz CT molecular complexity index is 1310. The smallest absolute Gasteiger partial charge is 0.251 e. The molecule has 0 saturated carbocycles. The van der Waals surface area contributed by atoms with Crippen molar-refractivity contribution in [3.05, 3.63) is 52.5 Å². The van der Waals surface area contributed by atoms with E-state index in [0.29, 0.717) is 42.6 Å². The van der Waals surface area contributed by atoms with Gasteiger partial charge in [-0.15, -0.1) is 0 Å². The Labute approximate surface area is 202 Å². The van der Waals surface area contributed by atoms with Gasteiger partial charge < -0.3 is 19.1 Å². The van der Waals surface area contributed by atoms with E-state index >= 15 is 0 Å². The molecular formula is C25H28FN5O4. The van der Waals surface area contributed by atoms with Crippen LogP contribution in [-0.2, 0) is 6.54 Å². The number of nitrogens with zero attached hydrogens (tertiary/aromatic N) is 5. The number of likely N-dealkylation sites (tertiary alicyclic amines) is 1. The molecule has 10 heteroatoms. The molecule has 184 valence electrons. The summed E-state index contributed by atoms with van der Waals surface area (Å²) in [5, 5.41) is 0. The minimum Gasteiger partial charge on any atom is -0.486 e. The van der Waals surface area contributed by atoms with Crippen molar-refractivity contribution >= 4 is 11.0 Å². The van der Waals surface area contributed by atoms with Gasteiger partial charge in [0.1, 0.15) is 25.3 Å². The highest BCUT2D eigenvalue weighted by atomic mass is 19.1. The molecule has 0 spiro atoms. The summed E-state index contributed by atoms with van der Waals surface area (Å²) in [4.78, 5) is 26.1. The zero-order chi connectivity index (χ0) is 23.9. The lowest BCUT2D eigenvalue weighted by Crippen LogP contribution is -2.46. The van der Waals surface area contributed by atoms with Gasteiger partial charge in [-0.05, 0) is 39.0 Å². The zero-order valence-corrected chi connectivity index (χ0v) is 19.7. The van der Waals surface area contributed by atoms with Gasteiger partial charge >= 0.3 is 0 Å². The third kappa shape index (κ3) is 4.21. The van der Waals surface area contributed by atoms with Crippen molar-refractivity contribution in [1.29, 1.82) is 0 Å². The second-order valence-electron chi connectivity index (χ2n) is 9.44. The van der Waals surface area contributed by atoms with Crippen LogP contribution in [0.5, 0.6) is 17.2 Å². The molecular weight excluding hydrogens is 453 g/mol. The summed E-state index contributed by atoms with van der Waals surface area (Å²) in [7, 11) is 2.13. The molecule has 6 rings (SSSR count). The molecule has 1 atom stereocenters. The number of hydrogen-bond acceptors (Lipinski definition) is 8. The van der Waals surface area contributed by atoms with E-state index in [1.54, 1.807) is 16.8 Å². The maximum Gasteiger partial charge on any atom is 0.251 e. The minimum absolute atomic E-state index is 0.122. The number of halogens is 1. The quantitative estimate of drug-likeness (QED) is 0.549. The number of piperidine rings is 1. The second kappa shape index (κ2) is 9.09. The van der Waals surface area contributed by atoms with Gasteiger partial charge in [0, 0.05) is 31.3 Å². The topological polar surface area (TPSA) is 82.0 Å². The minimum atomic E-state index is -0.536. The van der Waals surface area contributed by atoms with Gasteiger partial charge in [-0.2, -0.15) is 0 Å². The molecule has 0 N–H and O–H groups in total. The Morgan fingerprint density at radius 1 is 1.09 bits per heavy atom. The molecule has 0 aromatic carbocycles. The first-order valence-electron chi connectivity index (χ1n) is 12.1. The molecule has 0 amide bonds. The monoisotopic (exact) mass is 481 g/mol. The number of ether oxygens (including phenoxy) is 3. The Morgan fingerprint density at radius 2 is 1.89 bits per heavy atom. The molecule has 3 aromatic heterocycles. The molecule has 0 bridgehead atoms. The molecule has 0 radical (unpaired) electrons. The Balaban J connectivity index is 1.10. The summed E-state index contributed by atoms with van der Waals surface area (Å²) in [5.74, 6) is 1.06. The van der Waals surface area contributed by atoms with Crippen LogP contribution in [-0.4, -0.2) is 76.9 Å². The summed E-state index contributed by atoms with van der Waals surface area (Å²) >= 11 is 0. The van der Waals surface area contributed by atoms with Crippen molar-refractivity contribution in [3.63, 3.8) is 0 Å². The lowest BCUT2D eigenvalue weighted by molar-refractivity contribution is 0.0988. The van der Waals surface area contributed by atoms with E-state index in [1.165, 1.54) is 6.07 Å². The average molecular weight is 482 g/mol. The lowest BCUT2D eigenvalue weighted by Gasteiger charge is -2.39. The van der Waals surface area contributed by atoms with Gasteiger partial charge in [-0.25, -0.2) is 4.39 Å². The first-order valence-corrected chi connectivity index (χ1v) is 12.1. The van der Waals surface area contributed by atoms with Crippen LogP contribution >= 0.6 is 0 Å². The van der Waals surface area contributed by atoms with Crippen molar-refractivity contribution in [2.45, 2.75) is 31.5 Å². The number of hydrogen-bond donors (Lipinski definition) is 0. The first-order chi connectivity index (χ1) is 17.1. The van der Waals surface area contributed by atoms with Crippen molar-refractivity contribution in [1.82, 2.24) is 24.3 Å². The van der Waals surface area contributed by atoms with Gasteiger partial charge in [0.25, 0.3) is 5.56 Å². The predicted octanol–water partition coefficient (Wildman–Crippen LogP) is 2.23. The molecule has 0 unspecified atom stereocenters. The molecule has 1 saturated heterocycles. The first kappa shape index (κ1) is 22.2. The predicted molar refractivity (Wildman–Crippen MR) is 127 cm³/mol. The van der Waals surface area contributed by atoms with E-state index in [4.69, 9.17) is 14.2 Å². The zero-order valence-electron chi connectivity index (χ0n) is 19.7. The highest BCUT2D eigenvalue weighted by Crippen LogP contribution is 2.33. The summed E-state index contributed by atoms with van der Waals surface area (Å²) in [6, 6.07) is 5.35.